The molecule has 19 heavy (non-hydrogen) atoms. The highest BCUT2D eigenvalue weighted by molar-refractivity contribution is 5.39. The lowest BCUT2D eigenvalue weighted by atomic mass is 9.88. The first-order valence-corrected chi connectivity index (χ1v) is 7.60. The Morgan fingerprint density at radius 2 is 1.89 bits per heavy atom. The highest BCUT2D eigenvalue weighted by Gasteiger charge is 2.21. The Hall–Kier alpha value is -0.860. The van der Waals surface area contributed by atoms with Gasteiger partial charge in [0, 0.05) is 12.1 Å². The van der Waals surface area contributed by atoms with Gasteiger partial charge in [0.2, 0.25) is 0 Å². The second kappa shape index (κ2) is 6.53. The summed E-state index contributed by atoms with van der Waals surface area (Å²) in [7, 11) is 2.09. The molecule has 2 atom stereocenters. The molecule has 2 unspecified atom stereocenters. The number of aryl methyl sites for hydroxylation is 3. The summed E-state index contributed by atoms with van der Waals surface area (Å²) in [6.07, 6.45) is 5.23. The first-order chi connectivity index (χ1) is 9.11. The van der Waals surface area contributed by atoms with E-state index in [0.717, 1.165) is 0 Å². The normalized spacial score (nSPS) is 21.4. The van der Waals surface area contributed by atoms with Crippen LogP contribution in [0.15, 0.2) is 12.1 Å². The SMILES string of the molecule is CNC(CC1CCCCN1)c1c(C)cc(C)cc1C. The molecule has 0 spiro atoms. The van der Waals surface area contributed by atoms with Crippen LogP contribution in [0.25, 0.3) is 0 Å². The van der Waals surface area contributed by atoms with Crippen molar-refractivity contribution in [2.24, 2.45) is 0 Å². The highest BCUT2D eigenvalue weighted by Crippen LogP contribution is 2.28. The summed E-state index contributed by atoms with van der Waals surface area (Å²) in [4.78, 5) is 0. The summed E-state index contributed by atoms with van der Waals surface area (Å²) in [6.45, 7) is 7.86. The fraction of sp³-hybridized carbons (Fsp3) is 0.647. The predicted molar refractivity (Wildman–Crippen MR) is 82.7 cm³/mol. The Morgan fingerprint density at radius 1 is 1.21 bits per heavy atom. The van der Waals surface area contributed by atoms with Gasteiger partial charge in [0.15, 0.2) is 0 Å². The van der Waals surface area contributed by atoms with E-state index in [1.165, 1.54) is 54.5 Å². The Labute approximate surface area is 118 Å². The van der Waals surface area contributed by atoms with Crippen LogP contribution in [0.2, 0.25) is 0 Å². The Kier molecular flexibility index (Phi) is 5.00. The van der Waals surface area contributed by atoms with Crippen LogP contribution in [0.5, 0.6) is 0 Å². The van der Waals surface area contributed by atoms with Crippen LogP contribution in [-0.2, 0) is 0 Å². The van der Waals surface area contributed by atoms with Crippen molar-refractivity contribution < 1.29 is 0 Å². The molecular formula is C17H28N2. The molecule has 1 aromatic carbocycles. The van der Waals surface area contributed by atoms with Gasteiger partial charge in [0.05, 0.1) is 0 Å². The smallest absolute Gasteiger partial charge is 0.0337 e. The largest absolute Gasteiger partial charge is 0.314 e. The van der Waals surface area contributed by atoms with E-state index in [0.29, 0.717) is 12.1 Å². The van der Waals surface area contributed by atoms with Crippen molar-refractivity contribution in [2.75, 3.05) is 13.6 Å². The maximum atomic E-state index is 3.66. The summed E-state index contributed by atoms with van der Waals surface area (Å²) >= 11 is 0. The van der Waals surface area contributed by atoms with Crippen molar-refractivity contribution in [3.05, 3.63) is 34.4 Å². The second-order valence-corrected chi connectivity index (χ2v) is 6.04. The van der Waals surface area contributed by atoms with Gasteiger partial charge in [-0.1, -0.05) is 24.1 Å². The zero-order valence-corrected chi connectivity index (χ0v) is 12.8. The molecule has 0 bridgehead atoms. The minimum atomic E-state index is 0.469. The van der Waals surface area contributed by atoms with Crippen molar-refractivity contribution in [1.82, 2.24) is 10.6 Å². The molecule has 0 aromatic heterocycles. The van der Waals surface area contributed by atoms with Crippen LogP contribution >= 0.6 is 0 Å². The lowest BCUT2D eigenvalue weighted by molar-refractivity contribution is 0.346. The molecule has 0 aliphatic carbocycles. The van der Waals surface area contributed by atoms with Gasteiger partial charge in [-0.25, -0.2) is 0 Å². The van der Waals surface area contributed by atoms with E-state index in [4.69, 9.17) is 0 Å². The van der Waals surface area contributed by atoms with Crippen LogP contribution in [0.3, 0.4) is 0 Å². The van der Waals surface area contributed by atoms with E-state index in [9.17, 15) is 0 Å². The van der Waals surface area contributed by atoms with E-state index in [2.05, 4.69) is 50.6 Å². The molecule has 106 valence electrons. The second-order valence-electron chi connectivity index (χ2n) is 6.04. The molecule has 2 N–H and O–H groups in total. The van der Waals surface area contributed by atoms with Crippen LogP contribution in [-0.4, -0.2) is 19.6 Å². The maximum Gasteiger partial charge on any atom is 0.0337 e. The van der Waals surface area contributed by atoms with E-state index < -0.39 is 0 Å². The van der Waals surface area contributed by atoms with Crippen LogP contribution in [0.4, 0.5) is 0 Å². The molecule has 1 heterocycles. The predicted octanol–water partition coefficient (Wildman–Crippen LogP) is 3.40. The number of nitrogens with one attached hydrogen (secondary N) is 2. The highest BCUT2D eigenvalue weighted by atomic mass is 14.9. The summed E-state index contributed by atoms with van der Waals surface area (Å²) < 4.78 is 0. The number of piperidine rings is 1. The van der Waals surface area contributed by atoms with Crippen molar-refractivity contribution >= 4 is 0 Å². The van der Waals surface area contributed by atoms with Crippen LogP contribution < -0.4 is 10.6 Å². The van der Waals surface area contributed by atoms with Crippen molar-refractivity contribution in [3.8, 4) is 0 Å². The van der Waals surface area contributed by atoms with Gasteiger partial charge in [-0.15, -0.1) is 0 Å². The third-order valence-corrected chi connectivity index (χ3v) is 4.37. The number of rotatable bonds is 4. The van der Waals surface area contributed by atoms with Crippen molar-refractivity contribution in [2.45, 2.75) is 58.5 Å². The fourth-order valence-electron chi connectivity index (χ4n) is 3.53. The molecule has 1 saturated heterocycles. The van der Waals surface area contributed by atoms with Crippen molar-refractivity contribution in [1.29, 1.82) is 0 Å². The Morgan fingerprint density at radius 3 is 2.42 bits per heavy atom. The zero-order valence-electron chi connectivity index (χ0n) is 12.8. The molecule has 0 saturated carbocycles. The molecule has 0 radical (unpaired) electrons. The van der Waals surface area contributed by atoms with E-state index >= 15 is 0 Å². The summed E-state index contributed by atoms with van der Waals surface area (Å²) in [6, 6.07) is 5.75. The fourth-order valence-corrected chi connectivity index (χ4v) is 3.53. The molecule has 1 aliphatic rings. The summed E-state index contributed by atoms with van der Waals surface area (Å²) in [5, 5.41) is 7.19. The summed E-state index contributed by atoms with van der Waals surface area (Å²) in [5.74, 6) is 0. The topological polar surface area (TPSA) is 24.1 Å². The molecule has 2 nitrogen and oxygen atoms in total. The molecule has 2 rings (SSSR count). The van der Waals surface area contributed by atoms with Crippen molar-refractivity contribution in [3.63, 3.8) is 0 Å². The van der Waals surface area contributed by atoms with Gasteiger partial charge < -0.3 is 10.6 Å². The quantitative estimate of drug-likeness (QED) is 0.867. The number of hydrogen-bond donors (Lipinski definition) is 2. The average molecular weight is 260 g/mol. The standard InChI is InChI=1S/C17H28N2/c1-12-9-13(2)17(14(3)10-12)16(18-4)11-15-7-5-6-8-19-15/h9-10,15-16,18-19H,5-8,11H2,1-4H3. The monoisotopic (exact) mass is 260 g/mol. The molecular weight excluding hydrogens is 232 g/mol. The van der Waals surface area contributed by atoms with Gasteiger partial charge in [0.1, 0.15) is 0 Å². The minimum Gasteiger partial charge on any atom is -0.314 e. The van der Waals surface area contributed by atoms with Gasteiger partial charge in [-0.05, 0) is 70.3 Å². The first-order valence-electron chi connectivity index (χ1n) is 7.60. The van der Waals surface area contributed by atoms with Gasteiger partial charge in [-0.2, -0.15) is 0 Å². The van der Waals surface area contributed by atoms with Gasteiger partial charge in [0.25, 0.3) is 0 Å². The average Bonchev–Trinajstić information content (AvgIpc) is 2.37. The third kappa shape index (κ3) is 3.58. The molecule has 1 aromatic rings. The van der Waals surface area contributed by atoms with Crippen LogP contribution in [0.1, 0.15) is 54.0 Å². The Bertz CT molecular complexity index is 396. The molecule has 1 aliphatic heterocycles. The lowest BCUT2D eigenvalue weighted by Crippen LogP contribution is -2.37. The Balaban J connectivity index is 2.16. The van der Waals surface area contributed by atoms with Crippen LogP contribution in [0, 0.1) is 20.8 Å². The maximum absolute atomic E-state index is 3.66. The first kappa shape index (κ1) is 14.5. The minimum absolute atomic E-state index is 0.469. The third-order valence-electron chi connectivity index (χ3n) is 4.37. The summed E-state index contributed by atoms with van der Waals surface area (Å²) in [5.41, 5.74) is 5.71. The van der Waals surface area contributed by atoms with E-state index in [1.807, 2.05) is 0 Å². The number of hydrogen-bond acceptors (Lipinski definition) is 2. The van der Waals surface area contributed by atoms with E-state index in [1.54, 1.807) is 0 Å². The lowest BCUT2D eigenvalue weighted by Gasteiger charge is -2.29. The van der Waals surface area contributed by atoms with Gasteiger partial charge >= 0.3 is 0 Å². The zero-order chi connectivity index (χ0) is 13.8. The molecule has 0 amide bonds. The number of benzene rings is 1. The molecule has 2 heteroatoms. The molecule has 1 fully saturated rings. The van der Waals surface area contributed by atoms with E-state index in [-0.39, 0.29) is 0 Å². The van der Waals surface area contributed by atoms with Gasteiger partial charge in [-0.3, -0.25) is 0 Å².